The molecule has 0 saturated carbocycles. The Morgan fingerprint density at radius 1 is 0.732 bits per heavy atom. The van der Waals surface area contributed by atoms with Crippen LogP contribution < -0.4 is 0 Å². The Morgan fingerprint density at radius 2 is 1.32 bits per heavy atom. The third-order valence-corrected chi connectivity index (χ3v) is 7.28. The Kier molecular flexibility index (Phi) is 8.51. The molecule has 0 radical (unpaired) electrons. The summed E-state index contributed by atoms with van der Waals surface area (Å²) in [5, 5.41) is 32.0. The van der Waals surface area contributed by atoms with Crippen molar-refractivity contribution in [1.29, 1.82) is 0 Å². The molecular formula is C35H47N3O3. The molecule has 0 amide bonds. The van der Waals surface area contributed by atoms with Gasteiger partial charge in [0.2, 0.25) is 0 Å². The van der Waals surface area contributed by atoms with Crippen molar-refractivity contribution in [2.24, 2.45) is 0 Å². The number of carbonyl (C=O) groups is 1. The van der Waals surface area contributed by atoms with Gasteiger partial charge in [-0.15, -0.1) is 5.10 Å². The number of aromatic nitrogens is 3. The van der Waals surface area contributed by atoms with Crippen LogP contribution in [0.25, 0.3) is 22.2 Å². The molecule has 220 valence electrons. The van der Waals surface area contributed by atoms with E-state index < -0.39 is 16.8 Å². The van der Waals surface area contributed by atoms with Gasteiger partial charge in [-0.05, 0) is 56.5 Å². The first-order valence-corrected chi connectivity index (χ1v) is 14.2. The highest BCUT2D eigenvalue weighted by Gasteiger charge is 2.35. The first-order chi connectivity index (χ1) is 18.6. The van der Waals surface area contributed by atoms with Crippen LogP contribution in [0, 0.1) is 0 Å². The predicted octanol–water partition coefficient (Wildman–Crippen LogP) is 8.91. The maximum atomic E-state index is 12.6. The Morgan fingerprint density at radius 3 is 1.80 bits per heavy atom. The van der Waals surface area contributed by atoms with Gasteiger partial charge in [-0.1, -0.05) is 119 Å². The van der Waals surface area contributed by atoms with Crippen molar-refractivity contribution in [3.8, 4) is 16.9 Å². The molecule has 0 aliphatic carbocycles. The third-order valence-electron chi connectivity index (χ3n) is 7.28. The molecule has 6 nitrogen and oxygen atoms in total. The summed E-state index contributed by atoms with van der Waals surface area (Å²) in [4.78, 5) is 12.6. The second-order valence-corrected chi connectivity index (χ2v) is 15.0. The molecule has 0 aliphatic rings. The number of carboxylic acid groups (broad SMARTS) is 1. The molecule has 0 atom stereocenters. The number of hydrogen-bond acceptors (Lipinski definition) is 4. The van der Waals surface area contributed by atoms with Gasteiger partial charge in [-0.3, -0.25) is 5.10 Å². The maximum absolute atomic E-state index is 12.6. The first-order valence-electron chi connectivity index (χ1n) is 14.2. The number of nitrogens with zero attached hydrogens (tertiary/aromatic N) is 2. The van der Waals surface area contributed by atoms with Gasteiger partial charge in [0.25, 0.3) is 0 Å². The predicted molar refractivity (Wildman–Crippen MR) is 169 cm³/mol. The SMILES string of the molecule is CC(C)(C)c1ccc(-c2c(C(=O)O)cc(C(C)(C)C)c(O)c2C(C)(C)C)c(C(C)(C)C)c1.c1ccc2[nH]nnc2c1. The van der Waals surface area contributed by atoms with Crippen LogP contribution in [-0.4, -0.2) is 31.6 Å². The van der Waals surface area contributed by atoms with Gasteiger partial charge < -0.3 is 10.2 Å². The fraction of sp³-hybridized carbons (Fsp3) is 0.457. The summed E-state index contributed by atoms with van der Waals surface area (Å²) in [6.45, 7) is 25.1. The van der Waals surface area contributed by atoms with E-state index in [9.17, 15) is 15.0 Å². The summed E-state index contributed by atoms with van der Waals surface area (Å²) in [7, 11) is 0. The van der Waals surface area contributed by atoms with Crippen LogP contribution in [-0.2, 0) is 21.7 Å². The van der Waals surface area contributed by atoms with Crippen LogP contribution in [0.2, 0.25) is 0 Å². The molecule has 0 bridgehead atoms. The van der Waals surface area contributed by atoms with Crippen molar-refractivity contribution in [3.63, 3.8) is 0 Å². The van der Waals surface area contributed by atoms with Crippen LogP contribution in [0.3, 0.4) is 0 Å². The summed E-state index contributed by atoms with van der Waals surface area (Å²) in [5.74, 6) is -0.777. The van der Waals surface area contributed by atoms with E-state index in [1.807, 2.05) is 71.9 Å². The van der Waals surface area contributed by atoms with Crippen LogP contribution in [0.4, 0.5) is 0 Å². The van der Waals surface area contributed by atoms with E-state index in [0.717, 1.165) is 22.2 Å². The molecule has 0 spiro atoms. The van der Waals surface area contributed by atoms with Crippen LogP contribution >= 0.6 is 0 Å². The second kappa shape index (κ2) is 11.0. The number of phenolic OH excluding ortho intramolecular Hbond substituents is 1. The lowest BCUT2D eigenvalue weighted by atomic mass is 9.71. The molecule has 4 aromatic rings. The minimum atomic E-state index is -0.976. The number of carboxylic acids is 1. The van der Waals surface area contributed by atoms with E-state index >= 15 is 0 Å². The second-order valence-electron chi connectivity index (χ2n) is 15.0. The van der Waals surface area contributed by atoms with E-state index in [0.29, 0.717) is 16.7 Å². The number of fused-ring (bicyclic) bond motifs is 1. The number of phenols is 1. The minimum Gasteiger partial charge on any atom is -0.507 e. The molecular weight excluding hydrogens is 510 g/mol. The van der Waals surface area contributed by atoms with Crippen molar-refractivity contribution < 1.29 is 15.0 Å². The fourth-order valence-electron chi connectivity index (χ4n) is 5.06. The zero-order valence-electron chi connectivity index (χ0n) is 26.8. The maximum Gasteiger partial charge on any atom is 0.336 e. The summed E-state index contributed by atoms with van der Waals surface area (Å²) >= 11 is 0. The molecule has 41 heavy (non-hydrogen) atoms. The van der Waals surface area contributed by atoms with Gasteiger partial charge in [0.1, 0.15) is 11.3 Å². The molecule has 1 aromatic heterocycles. The van der Waals surface area contributed by atoms with Crippen LogP contribution in [0.1, 0.15) is 116 Å². The van der Waals surface area contributed by atoms with Gasteiger partial charge in [-0.2, -0.15) is 0 Å². The lowest BCUT2D eigenvalue weighted by Crippen LogP contribution is -2.23. The van der Waals surface area contributed by atoms with E-state index in [2.05, 4.69) is 69.1 Å². The highest BCUT2D eigenvalue weighted by atomic mass is 16.4. The standard InChI is InChI=1S/C29H42O3.C6H5N3/c1-26(2,3)17-13-14-18(20(15-17)27(4,5)6)22-19(25(31)32)16-21(28(7,8)9)24(30)23(22)29(10,11)12;1-2-4-6-5(3-1)7-9-8-6/h13-16,30H,1-12H3,(H,31,32);1-4H,(H,7,8,9). The van der Waals surface area contributed by atoms with Gasteiger partial charge in [0.05, 0.1) is 11.1 Å². The number of aromatic hydroxyl groups is 1. The number of H-pyrrole nitrogens is 1. The lowest BCUT2D eigenvalue weighted by Gasteiger charge is -2.33. The first kappa shape index (κ1) is 31.9. The van der Waals surface area contributed by atoms with E-state index in [1.54, 1.807) is 6.07 Å². The van der Waals surface area contributed by atoms with Gasteiger partial charge in [0.15, 0.2) is 0 Å². The van der Waals surface area contributed by atoms with Gasteiger partial charge in [0, 0.05) is 16.7 Å². The number of nitrogens with one attached hydrogen (secondary N) is 1. The normalized spacial score (nSPS) is 12.7. The highest BCUT2D eigenvalue weighted by molar-refractivity contribution is 5.99. The Bertz CT molecular complexity index is 1520. The van der Waals surface area contributed by atoms with Crippen LogP contribution in [0.15, 0.2) is 48.5 Å². The smallest absolute Gasteiger partial charge is 0.336 e. The van der Waals surface area contributed by atoms with Gasteiger partial charge >= 0.3 is 5.97 Å². The molecule has 0 unspecified atom stereocenters. The molecule has 0 fully saturated rings. The zero-order valence-corrected chi connectivity index (χ0v) is 26.8. The Balaban J connectivity index is 0.000000428. The van der Waals surface area contributed by atoms with E-state index in [-0.39, 0.29) is 22.1 Å². The Labute approximate surface area is 245 Å². The number of para-hydroxylation sites is 1. The summed E-state index contributed by atoms with van der Waals surface area (Å²) in [5.41, 5.74) is 6.20. The fourth-order valence-corrected chi connectivity index (χ4v) is 5.06. The molecule has 1 heterocycles. The Hall–Kier alpha value is -3.67. The quantitative estimate of drug-likeness (QED) is 0.228. The zero-order chi connectivity index (χ0) is 31.1. The van der Waals surface area contributed by atoms with E-state index in [1.165, 1.54) is 5.56 Å². The summed E-state index contributed by atoms with van der Waals surface area (Å²) < 4.78 is 0. The van der Waals surface area contributed by atoms with Crippen molar-refractivity contribution in [3.05, 3.63) is 76.3 Å². The van der Waals surface area contributed by atoms with E-state index in [4.69, 9.17) is 0 Å². The van der Waals surface area contributed by atoms with Crippen LogP contribution in [0.5, 0.6) is 5.75 Å². The van der Waals surface area contributed by atoms with Crippen molar-refractivity contribution in [2.45, 2.75) is 105 Å². The van der Waals surface area contributed by atoms with Crippen molar-refractivity contribution >= 4 is 17.0 Å². The van der Waals surface area contributed by atoms with Gasteiger partial charge in [-0.25, -0.2) is 4.79 Å². The number of aromatic amines is 1. The third kappa shape index (κ3) is 6.98. The summed E-state index contributed by atoms with van der Waals surface area (Å²) in [6, 6.07) is 15.8. The molecule has 0 aliphatic heterocycles. The minimum absolute atomic E-state index is 0.0285. The molecule has 6 heteroatoms. The average Bonchev–Trinajstić information content (AvgIpc) is 3.30. The number of hydrogen-bond donors (Lipinski definition) is 3. The van der Waals surface area contributed by atoms with Crippen molar-refractivity contribution in [2.75, 3.05) is 0 Å². The van der Waals surface area contributed by atoms with Crippen molar-refractivity contribution in [1.82, 2.24) is 15.4 Å². The lowest BCUT2D eigenvalue weighted by molar-refractivity contribution is 0.0697. The molecule has 3 aromatic carbocycles. The largest absolute Gasteiger partial charge is 0.507 e. The molecule has 0 saturated heterocycles. The highest BCUT2D eigenvalue weighted by Crippen LogP contribution is 2.48. The molecule has 4 rings (SSSR count). The summed E-state index contributed by atoms with van der Waals surface area (Å²) in [6.07, 6.45) is 0. The number of rotatable bonds is 2. The molecule has 3 N–H and O–H groups in total. The average molecular weight is 558 g/mol. The monoisotopic (exact) mass is 557 g/mol. The number of aromatic carboxylic acids is 1. The number of benzene rings is 3. The topological polar surface area (TPSA) is 99.1 Å².